The average Bonchev–Trinajstić information content (AvgIpc) is 2.72. The average molecular weight is 228 g/mol. The van der Waals surface area contributed by atoms with Gasteiger partial charge in [-0.1, -0.05) is 6.92 Å². The third-order valence-electron chi connectivity index (χ3n) is 3.42. The molecule has 0 aliphatic carbocycles. The Morgan fingerprint density at radius 1 is 1.29 bits per heavy atom. The molecule has 2 heterocycles. The summed E-state index contributed by atoms with van der Waals surface area (Å²) in [6.45, 7) is 3.35. The molecule has 1 aliphatic rings. The summed E-state index contributed by atoms with van der Waals surface area (Å²) in [4.78, 5) is 4.68. The lowest BCUT2D eigenvalue weighted by molar-refractivity contribution is 0.409. The summed E-state index contributed by atoms with van der Waals surface area (Å²) >= 11 is 0. The summed E-state index contributed by atoms with van der Waals surface area (Å²) in [6, 6.07) is 7.23. The van der Waals surface area contributed by atoms with Crippen LogP contribution in [0.1, 0.15) is 19.2 Å². The SMILES string of the molecule is CC1CCn2cc(-c3ccc(O)cc3)nc2C1. The molecule has 2 aromatic rings. The number of aryl methyl sites for hydroxylation is 1. The number of rotatable bonds is 1. The highest BCUT2D eigenvalue weighted by molar-refractivity contribution is 5.59. The standard InChI is InChI=1S/C14H16N2O/c1-10-6-7-16-9-13(15-14(16)8-10)11-2-4-12(17)5-3-11/h2-5,9-10,17H,6-8H2,1H3. The van der Waals surface area contributed by atoms with Gasteiger partial charge in [0.2, 0.25) is 0 Å². The highest BCUT2D eigenvalue weighted by Gasteiger charge is 2.17. The zero-order valence-corrected chi connectivity index (χ0v) is 9.93. The minimum absolute atomic E-state index is 0.298. The topological polar surface area (TPSA) is 38.0 Å². The van der Waals surface area contributed by atoms with Crippen LogP contribution < -0.4 is 0 Å². The predicted molar refractivity (Wildman–Crippen MR) is 66.8 cm³/mol. The highest BCUT2D eigenvalue weighted by Crippen LogP contribution is 2.25. The minimum atomic E-state index is 0.298. The maximum atomic E-state index is 9.27. The van der Waals surface area contributed by atoms with Gasteiger partial charge in [-0.15, -0.1) is 0 Å². The largest absolute Gasteiger partial charge is 0.508 e. The van der Waals surface area contributed by atoms with Crippen LogP contribution in [0.15, 0.2) is 30.5 Å². The number of hydrogen-bond acceptors (Lipinski definition) is 2. The van der Waals surface area contributed by atoms with E-state index >= 15 is 0 Å². The van der Waals surface area contributed by atoms with E-state index < -0.39 is 0 Å². The van der Waals surface area contributed by atoms with E-state index in [9.17, 15) is 5.11 Å². The van der Waals surface area contributed by atoms with E-state index in [0.717, 1.165) is 30.1 Å². The third kappa shape index (κ3) is 1.93. The Balaban J connectivity index is 1.97. The third-order valence-corrected chi connectivity index (χ3v) is 3.42. The normalized spacial score (nSPS) is 19.0. The van der Waals surface area contributed by atoms with Crippen molar-refractivity contribution in [2.45, 2.75) is 26.3 Å². The van der Waals surface area contributed by atoms with Crippen LogP contribution in [0.2, 0.25) is 0 Å². The fraction of sp³-hybridized carbons (Fsp3) is 0.357. The Morgan fingerprint density at radius 3 is 2.82 bits per heavy atom. The molecule has 0 radical (unpaired) electrons. The Labute approximate surface area is 101 Å². The predicted octanol–water partition coefficient (Wildman–Crippen LogP) is 2.84. The molecular weight excluding hydrogens is 212 g/mol. The van der Waals surface area contributed by atoms with Crippen LogP contribution in [0.25, 0.3) is 11.3 Å². The van der Waals surface area contributed by atoms with E-state index in [1.165, 1.54) is 12.2 Å². The Kier molecular flexibility index (Phi) is 2.39. The molecule has 1 atom stereocenters. The lowest BCUT2D eigenvalue weighted by Gasteiger charge is -2.18. The van der Waals surface area contributed by atoms with Gasteiger partial charge < -0.3 is 9.67 Å². The summed E-state index contributed by atoms with van der Waals surface area (Å²) in [7, 11) is 0. The summed E-state index contributed by atoms with van der Waals surface area (Å²) in [5.41, 5.74) is 2.08. The van der Waals surface area contributed by atoms with Crippen LogP contribution in [0, 0.1) is 5.92 Å². The number of fused-ring (bicyclic) bond motifs is 1. The van der Waals surface area contributed by atoms with Crippen molar-refractivity contribution in [3.8, 4) is 17.0 Å². The lowest BCUT2D eigenvalue weighted by atomic mass is 10.0. The van der Waals surface area contributed by atoms with Gasteiger partial charge in [0.15, 0.2) is 0 Å². The first kappa shape index (κ1) is 10.4. The summed E-state index contributed by atoms with van der Waals surface area (Å²) < 4.78 is 2.25. The number of aromatic nitrogens is 2. The maximum absolute atomic E-state index is 9.27. The van der Waals surface area contributed by atoms with Gasteiger partial charge in [0.05, 0.1) is 5.69 Å². The number of nitrogens with zero attached hydrogens (tertiary/aromatic N) is 2. The molecular formula is C14H16N2O. The monoisotopic (exact) mass is 228 g/mol. The van der Waals surface area contributed by atoms with Crippen molar-refractivity contribution < 1.29 is 5.11 Å². The van der Waals surface area contributed by atoms with Crippen molar-refractivity contribution in [1.29, 1.82) is 0 Å². The fourth-order valence-electron chi connectivity index (χ4n) is 2.36. The number of phenolic OH excluding ortho intramolecular Hbond substituents is 1. The smallest absolute Gasteiger partial charge is 0.115 e. The first-order valence-corrected chi connectivity index (χ1v) is 6.08. The number of aromatic hydroxyl groups is 1. The Hall–Kier alpha value is -1.77. The minimum Gasteiger partial charge on any atom is -0.508 e. The summed E-state index contributed by atoms with van der Waals surface area (Å²) in [5, 5.41) is 9.27. The molecule has 3 rings (SSSR count). The Morgan fingerprint density at radius 2 is 2.06 bits per heavy atom. The molecule has 3 heteroatoms. The number of benzene rings is 1. The molecule has 0 fully saturated rings. The van der Waals surface area contributed by atoms with E-state index in [1.807, 2.05) is 12.1 Å². The van der Waals surface area contributed by atoms with E-state index in [-0.39, 0.29) is 0 Å². The van der Waals surface area contributed by atoms with Crippen LogP contribution in [0.5, 0.6) is 5.75 Å². The van der Waals surface area contributed by atoms with Crippen molar-refractivity contribution >= 4 is 0 Å². The summed E-state index contributed by atoms with van der Waals surface area (Å²) in [5.74, 6) is 2.22. The second kappa shape index (κ2) is 3.91. The molecule has 0 saturated heterocycles. The second-order valence-corrected chi connectivity index (χ2v) is 4.88. The summed E-state index contributed by atoms with van der Waals surface area (Å²) in [6.07, 6.45) is 4.42. The molecule has 1 aromatic heterocycles. The van der Waals surface area contributed by atoms with E-state index in [1.54, 1.807) is 12.1 Å². The van der Waals surface area contributed by atoms with Crippen molar-refractivity contribution in [2.75, 3.05) is 0 Å². The molecule has 17 heavy (non-hydrogen) atoms. The van der Waals surface area contributed by atoms with Crippen LogP contribution in [0.4, 0.5) is 0 Å². The molecule has 1 unspecified atom stereocenters. The lowest BCUT2D eigenvalue weighted by Crippen LogP contribution is -2.16. The van der Waals surface area contributed by atoms with Gasteiger partial charge in [0, 0.05) is 24.7 Å². The first-order valence-electron chi connectivity index (χ1n) is 6.08. The fourth-order valence-corrected chi connectivity index (χ4v) is 2.36. The molecule has 0 bridgehead atoms. The van der Waals surface area contributed by atoms with Gasteiger partial charge in [-0.2, -0.15) is 0 Å². The molecule has 1 N–H and O–H groups in total. The van der Waals surface area contributed by atoms with Gasteiger partial charge >= 0.3 is 0 Å². The molecule has 0 spiro atoms. The first-order chi connectivity index (χ1) is 8.22. The van der Waals surface area contributed by atoms with E-state index in [0.29, 0.717) is 5.75 Å². The Bertz CT molecular complexity index is 528. The maximum Gasteiger partial charge on any atom is 0.115 e. The number of imidazole rings is 1. The zero-order chi connectivity index (χ0) is 11.8. The van der Waals surface area contributed by atoms with Crippen molar-refractivity contribution in [3.05, 3.63) is 36.3 Å². The molecule has 1 aliphatic heterocycles. The molecule has 88 valence electrons. The molecule has 3 nitrogen and oxygen atoms in total. The van der Waals surface area contributed by atoms with Crippen LogP contribution in [-0.2, 0) is 13.0 Å². The number of hydrogen-bond donors (Lipinski definition) is 1. The van der Waals surface area contributed by atoms with Gasteiger partial charge in [-0.3, -0.25) is 0 Å². The van der Waals surface area contributed by atoms with Crippen LogP contribution in [0.3, 0.4) is 0 Å². The van der Waals surface area contributed by atoms with Crippen molar-refractivity contribution in [1.82, 2.24) is 9.55 Å². The van der Waals surface area contributed by atoms with Gasteiger partial charge in [-0.25, -0.2) is 4.98 Å². The van der Waals surface area contributed by atoms with Gasteiger partial charge in [0.25, 0.3) is 0 Å². The molecule has 0 saturated carbocycles. The van der Waals surface area contributed by atoms with Crippen molar-refractivity contribution in [2.24, 2.45) is 5.92 Å². The van der Waals surface area contributed by atoms with Crippen LogP contribution in [-0.4, -0.2) is 14.7 Å². The number of phenols is 1. The van der Waals surface area contributed by atoms with Gasteiger partial charge in [0.1, 0.15) is 11.6 Å². The van der Waals surface area contributed by atoms with Crippen molar-refractivity contribution in [3.63, 3.8) is 0 Å². The highest BCUT2D eigenvalue weighted by atomic mass is 16.3. The molecule has 0 amide bonds. The second-order valence-electron chi connectivity index (χ2n) is 4.88. The van der Waals surface area contributed by atoms with E-state index in [2.05, 4.69) is 22.7 Å². The molecule has 1 aromatic carbocycles. The van der Waals surface area contributed by atoms with Crippen LogP contribution >= 0.6 is 0 Å². The van der Waals surface area contributed by atoms with Gasteiger partial charge in [-0.05, 0) is 36.6 Å². The zero-order valence-electron chi connectivity index (χ0n) is 9.93. The quantitative estimate of drug-likeness (QED) is 0.815. The van der Waals surface area contributed by atoms with E-state index in [4.69, 9.17) is 0 Å².